The molecular formula is C22H22N4O3S. The number of carbonyl (C=O) groups excluding carboxylic acids is 1. The van der Waals surface area contributed by atoms with Crippen molar-refractivity contribution in [2.45, 2.75) is 4.90 Å². The van der Waals surface area contributed by atoms with Gasteiger partial charge in [0.05, 0.1) is 4.90 Å². The van der Waals surface area contributed by atoms with Crippen LogP contribution in [0, 0.1) is 0 Å². The van der Waals surface area contributed by atoms with Crippen LogP contribution >= 0.6 is 0 Å². The van der Waals surface area contributed by atoms with Crippen LogP contribution in [0.15, 0.2) is 78.3 Å². The van der Waals surface area contributed by atoms with E-state index in [4.69, 9.17) is 0 Å². The van der Waals surface area contributed by atoms with Gasteiger partial charge in [0, 0.05) is 43.4 Å². The summed E-state index contributed by atoms with van der Waals surface area (Å²) in [5, 5.41) is 4.78. The number of hydrogen-bond acceptors (Lipinski definition) is 5. The first-order valence-corrected chi connectivity index (χ1v) is 11.1. The number of sulfonamides is 1. The van der Waals surface area contributed by atoms with Crippen molar-refractivity contribution >= 4 is 38.2 Å². The molecule has 1 aliphatic heterocycles. The molecular weight excluding hydrogens is 400 g/mol. The molecule has 1 N–H and O–H groups in total. The van der Waals surface area contributed by atoms with Gasteiger partial charge in [0.2, 0.25) is 15.9 Å². The number of aromatic nitrogens is 1. The Bertz CT molecular complexity index is 1180. The maximum absolute atomic E-state index is 13.0. The molecule has 1 saturated heterocycles. The van der Waals surface area contributed by atoms with Gasteiger partial charge >= 0.3 is 0 Å². The van der Waals surface area contributed by atoms with Crippen molar-refractivity contribution in [1.82, 2.24) is 9.29 Å². The summed E-state index contributed by atoms with van der Waals surface area (Å²) in [6, 6.07) is 16.2. The highest BCUT2D eigenvalue weighted by molar-refractivity contribution is 7.89. The van der Waals surface area contributed by atoms with Crippen LogP contribution in [0.3, 0.4) is 0 Å². The summed E-state index contributed by atoms with van der Waals surface area (Å²) >= 11 is 0. The van der Waals surface area contributed by atoms with Crippen molar-refractivity contribution in [3.8, 4) is 0 Å². The van der Waals surface area contributed by atoms with Crippen LogP contribution in [0.4, 0.5) is 11.5 Å². The van der Waals surface area contributed by atoms with Gasteiger partial charge in [-0.2, -0.15) is 4.31 Å². The molecule has 7 nitrogen and oxygen atoms in total. The number of hydrogen-bond donors (Lipinski definition) is 1. The van der Waals surface area contributed by atoms with E-state index in [9.17, 15) is 13.2 Å². The number of pyridine rings is 1. The summed E-state index contributed by atoms with van der Waals surface area (Å²) in [4.78, 5) is 18.2. The molecule has 4 rings (SSSR count). The highest BCUT2D eigenvalue weighted by Gasteiger charge is 2.29. The van der Waals surface area contributed by atoms with E-state index in [1.807, 2.05) is 30.3 Å². The number of carbonyl (C=O) groups is 1. The highest BCUT2D eigenvalue weighted by Crippen LogP contribution is 2.26. The van der Waals surface area contributed by atoms with E-state index < -0.39 is 10.0 Å². The molecule has 3 aromatic rings. The van der Waals surface area contributed by atoms with Crippen molar-refractivity contribution in [2.24, 2.45) is 0 Å². The van der Waals surface area contributed by atoms with Crippen LogP contribution in [0.25, 0.3) is 10.8 Å². The average Bonchev–Trinajstić information content (AvgIpc) is 2.79. The van der Waals surface area contributed by atoms with Gasteiger partial charge in [-0.3, -0.25) is 4.79 Å². The summed E-state index contributed by atoms with van der Waals surface area (Å²) in [7, 11) is -3.61. The molecule has 0 saturated carbocycles. The maximum Gasteiger partial charge on any atom is 0.247 e. The van der Waals surface area contributed by atoms with Crippen LogP contribution in [0.5, 0.6) is 0 Å². The first-order chi connectivity index (χ1) is 14.5. The van der Waals surface area contributed by atoms with Crippen LogP contribution in [-0.2, 0) is 14.8 Å². The molecule has 2 aromatic carbocycles. The summed E-state index contributed by atoms with van der Waals surface area (Å²) in [5.41, 5.74) is 0.519. The highest BCUT2D eigenvalue weighted by atomic mass is 32.2. The number of rotatable bonds is 5. The van der Waals surface area contributed by atoms with E-state index in [0.717, 1.165) is 22.7 Å². The van der Waals surface area contributed by atoms with Crippen molar-refractivity contribution < 1.29 is 13.2 Å². The molecule has 0 bridgehead atoms. The fraction of sp³-hybridized carbons (Fsp3) is 0.182. The Morgan fingerprint density at radius 1 is 1.00 bits per heavy atom. The molecule has 0 spiro atoms. The largest absolute Gasteiger partial charge is 0.353 e. The Labute approximate surface area is 175 Å². The van der Waals surface area contributed by atoms with Gasteiger partial charge in [-0.15, -0.1) is 0 Å². The summed E-state index contributed by atoms with van der Waals surface area (Å²) in [6.07, 6.45) is 2.95. The smallest absolute Gasteiger partial charge is 0.247 e. The second-order valence-corrected chi connectivity index (χ2v) is 8.90. The van der Waals surface area contributed by atoms with Gasteiger partial charge in [-0.25, -0.2) is 13.4 Å². The topological polar surface area (TPSA) is 82.6 Å². The van der Waals surface area contributed by atoms with Gasteiger partial charge in [-0.1, -0.05) is 30.8 Å². The van der Waals surface area contributed by atoms with Gasteiger partial charge < -0.3 is 10.2 Å². The lowest BCUT2D eigenvalue weighted by molar-refractivity contribution is -0.111. The second-order valence-electron chi connectivity index (χ2n) is 6.96. The number of anilines is 2. The molecule has 1 fully saturated rings. The standard InChI is InChI=1S/C22H22N4O3S/c1-2-21(27)24-18-7-9-19(10-8-18)30(28,29)26-15-13-25(14-16-26)22-20-6-4-3-5-17(20)11-12-23-22/h2-12H,1,13-16H2,(H,24,27). The van der Waals surface area contributed by atoms with Crippen LogP contribution < -0.4 is 10.2 Å². The van der Waals surface area contributed by atoms with E-state index in [1.54, 1.807) is 18.3 Å². The predicted octanol–water partition coefficient (Wildman–Crippen LogP) is 2.87. The Kier molecular flexibility index (Phi) is 5.52. The molecule has 0 aliphatic carbocycles. The summed E-state index contributed by atoms with van der Waals surface area (Å²) in [5.74, 6) is 0.538. The summed E-state index contributed by atoms with van der Waals surface area (Å²) < 4.78 is 27.5. The quantitative estimate of drug-likeness (QED) is 0.640. The second kappa shape index (κ2) is 8.25. The normalized spacial score (nSPS) is 15.1. The zero-order valence-corrected chi connectivity index (χ0v) is 17.2. The van der Waals surface area contributed by atoms with Gasteiger partial charge in [0.1, 0.15) is 5.82 Å². The average molecular weight is 423 g/mol. The van der Waals surface area contributed by atoms with Crippen molar-refractivity contribution in [2.75, 3.05) is 36.4 Å². The molecule has 1 aliphatic rings. The fourth-order valence-corrected chi connectivity index (χ4v) is 4.97. The molecule has 154 valence electrons. The van der Waals surface area contributed by atoms with Gasteiger partial charge in [0.15, 0.2) is 0 Å². The van der Waals surface area contributed by atoms with E-state index >= 15 is 0 Å². The zero-order valence-electron chi connectivity index (χ0n) is 16.4. The fourth-order valence-electron chi connectivity index (χ4n) is 3.55. The molecule has 0 atom stereocenters. The minimum absolute atomic E-state index is 0.204. The van der Waals surface area contributed by atoms with Crippen molar-refractivity contribution in [3.63, 3.8) is 0 Å². The first kappa shape index (κ1) is 20.1. The number of benzene rings is 2. The molecule has 2 heterocycles. The van der Waals surface area contributed by atoms with Crippen molar-refractivity contribution in [3.05, 3.63) is 73.4 Å². The van der Waals surface area contributed by atoms with E-state index in [2.05, 4.69) is 21.8 Å². The lowest BCUT2D eigenvalue weighted by Crippen LogP contribution is -2.49. The summed E-state index contributed by atoms with van der Waals surface area (Å²) in [6.45, 7) is 5.28. The zero-order chi connectivity index (χ0) is 21.1. The van der Waals surface area contributed by atoms with Crippen LogP contribution in [0.1, 0.15) is 0 Å². The Hall–Kier alpha value is -3.23. The third-order valence-corrected chi connectivity index (χ3v) is 7.05. The monoisotopic (exact) mass is 422 g/mol. The predicted molar refractivity (Wildman–Crippen MR) is 118 cm³/mol. The minimum Gasteiger partial charge on any atom is -0.353 e. The molecule has 30 heavy (non-hydrogen) atoms. The minimum atomic E-state index is -3.61. The molecule has 1 amide bonds. The van der Waals surface area contributed by atoms with Crippen LogP contribution in [0.2, 0.25) is 0 Å². The number of nitrogens with one attached hydrogen (secondary N) is 1. The van der Waals surface area contributed by atoms with E-state index in [-0.39, 0.29) is 10.8 Å². The van der Waals surface area contributed by atoms with Crippen LogP contribution in [-0.4, -0.2) is 49.8 Å². The van der Waals surface area contributed by atoms with Gasteiger partial charge in [0.25, 0.3) is 0 Å². The molecule has 0 radical (unpaired) electrons. The third kappa shape index (κ3) is 3.92. The molecule has 1 aromatic heterocycles. The Morgan fingerprint density at radius 3 is 2.40 bits per heavy atom. The number of nitrogens with zero attached hydrogens (tertiary/aromatic N) is 3. The Balaban J connectivity index is 1.48. The van der Waals surface area contributed by atoms with E-state index in [1.165, 1.54) is 16.4 Å². The SMILES string of the molecule is C=CC(=O)Nc1ccc(S(=O)(=O)N2CCN(c3nccc4ccccc34)CC2)cc1. The number of amides is 1. The number of fused-ring (bicyclic) bond motifs is 1. The molecule has 0 unspecified atom stereocenters. The van der Waals surface area contributed by atoms with Crippen molar-refractivity contribution in [1.29, 1.82) is 0 Å². The number of piperazine rings is 1. The molecule has 8 heteroatoms. The maximum atomic E-state index is 13.0. The van der Waals surface area contributed by atoms with E-state index in [0.29, 0.717) is 31.9 Å². The first-order valence-electron chi connectivity index (χ1n) is 9.61. The third-order valence-electron chi connectivity index (χ3n) is 5.14. The van der Waals surface area contributed by atoms with Gasteiger partial charge in [-0.05, 0) is 41.8 Å². The lowest BCUT2D eigenvalue weighted by atomic mass is 10.1. The Morgan fingerprint density at radius 2 is 1.70 bits per heavy atom. The lowest BCUT2D eigenvalue weighted by Gasteiger charge is -2.35.